The van der Waals surface area contributed by atoms with Crippen LogP contribution in [0.5, 0.6) is 0 Å². The van der Waals surface area contributed by atoms with E-state index in [1.165, 1.54) is 12.1 Å². The van der Waals surface area contributed by atoms with Gasteiger partial charge in [-0.1, -0.05) is 42.5 Å². The zero-order chi connectivity index (χ0) is 25.3. The third-order valence-electron chi connectivity index (χ3n) is 8.19. The number of benzene rings is 2. The van der Waals surface area contributed by atoms with Crippen molar-refractivity contribution < 1.29 is 22.4 Å². The molecule has 6 heteroatoms. The molecule has 3 aliphatic heterocycles. The minimum Gasteiger partial charge on any atom is -0.363 e. The summed E-state index contributed by atoms with van der Waals surface area (Å²) in [5.74, 6) is 0.918. The monoisotopic (exact) mass is 493 g/mol. The van der Waals surface area contributed by atoms with Gasteiger partial charge in [-0.25, -0.2) is 0 Å². The molecule has 3 saturated heterocycles. The maximum absolute atomic E-state index is 13.2. The molecule has 0 aliphatic carbocycles. The number of hydrogen-bond acceptors (Lipinski definition) is 2. The van der Waals surface area contributed by atoms with Crippen LogP contribution in [-0.4, -0.2) is 35.2 Å². The van der Waals surface area contributed by atoms with Crippen molar-refractivity contribution in [1.29, 1.82) is 0 Å². The fourth-order valence-electron chi connectivity index (χ4n) is 6.47. The van der Waals surface area contributed by atoms with Crippen LogP contribution in [0, 0.1) is 11.8 Å². The van der Waals surface area contributed by atoms with E-state index in [9.17, 15) is 13.2 Å². The van der Waals surface area contributed by atoms with Crippen LogP contribution in [0.3, 0.4) is 0 Å². The van der Waals surface area contributed by atoms with Crippen LogP contribution >= 0.6 is 0 Å². The van der Waals surface area contributed by atoms with Crippen molar-refractivity contribution in [2.24, 2.45) is 11.8 Å². The molecule has 3 nitrogen and oxygen atoms in total. The minimum absolute atomic E-state index is 0.160. The van der Waals surface area contributed by atoms with E-state index in [2.05, 4.69) is 36.4 Å². The van der Waals surface area contributed by atoms with E-state index in [1.807, 2.05) is 24.4 Å². The zero-order valence-electron chi connectivity index (χ0n) is 20.3. The summed E-state index contributed by atoms with van der Waals surface area (Å²) in [6, 6.07) is 16.0. The van der Waals surface area contributed by atoms with Gasteiger partial charge in [0.2, 0.25) is 0 Å². The third-order valence-corrected chi connectivity index (χ3v) is 8.19. The Bertz CT molecular complexity index is 1230. The van der Waals surface area contributed by atoms with E-state index in [0.29, 0.717) is 25.0 Å². The molecule has 3 aliphatic rings. The number of rotatable bonds is 8. The SMILES string of the molecule is C=CCO[C@@H](c1ccnc2ccccc12)[C@H]1C[C@@H]2CC[N+]1(Cc1ccc(C(F)(F)F)cc1)C[C@@H]2C=C. The van der Waals surface area contributed by atoms with Crippen LogP contribution in [0.15, 0.2) is 86.1 Å². The highest BCUT2D eigenvalue weighted by molar-refractivity contribution is 5.82. The van der Waals surface area contributed by atoms with Crippen molar-refractivity contribution in [3.8, 4) is 0 Å². The summed E-state index contributed by atoms with van der Waals surface area (Å²) in [6.07, 6.45) is 3.23. The van der Waals surface area contributed by atoms with Gasteiger partial charge in [-0.2, -0.15) is 13.2 Å². The second-order valence-electron chi connectivity index (χ2n) is 10.2. The first kappa shape index (κ1) is 24.7. The fraction of sp³-hybridized carbons (Fsp3) is 0.367. The lowest BCUT2D eigenvalue weighted by atomic mass is 9.71. The molecule has 0 amide bonds. The Morgan fingerprint density at radius 1 is 1.08 bits per heavy atom. The maximum atomic E-state index is 13.2. The number of para-hydroxylation sites is 1. The highest BCUT2D eigenvalue weighted by Gasteiger charge is 2.54. The Morgan fingerprint density at radius 2 is 1.86 bits per heavy atom. The molecular formula is C30H32F3N2O+. The molecule has 4 heterocycles. The van der Waals surface area contributed by atoms with Gasteiger partial charge < -0.3 is 9.22 Å². The molecule has 3 aromatic rings. The molecule has 0 saturated carbocycles. The summed E-state index contributed by atoms with van der Waals surface area (Å²) < 4.78 is 46.9. The van der Waals surface area contributed by atoms with Crippen molar-refractivity contribution in [3.05, 3.63) is 103 Å². The molecule has 3 fully saturated rings. The first-order chi connectivity index (χ1) is 17.3. The second-order valence-corrected chi connectivity index (χ2v) is 10.2. The number of piperidine rings is 3. The predicted molar refractivity (Wildman–Crippen MR) is 136 cm³/mol. The normalized spacial score (nSPS) is 26.6. The van der Waals surface area contributed by atoms with E-state index < -0.39 is 11.7 Å². The molecule has 188 valence electrons. The quantitative estimate of drug-likeness (QED) is 0.246. The van der Waals surface area contributed by atoms with Gasteiger partial charge in [-0.15, -0.1) is 13.2 Å². The molecule has 5 atom stereocenters. The Hall–Kier alpha value is -2.96. The van der Waals surface area contributed by atoms with E-state index in [1.54, 1.807) is 18.2 Å². The minimum atomic E-state index is -4.34. The number of halogens is 3. The van der Waals surface area contributed by atoms with Crippen molar-refractivity contribution >= 4 is 10.9 Å². The Labute approximate surface area is 210 Å². The first-order valence-electron chi connectivity index (χ1n) is 12.6. The van der Waals surface area contributed by atoms with Crippen molar-refractivity contribution in [2.45, 2.75) is 37.7 Å². The van der Waals surface area contributed by atoms with Crippen LogP contribution < -0.4 is 0 Å². The van der Waals surface area contributed by atoms with E-state index in [0.717, 1.165) is 52.4 Å². The summed E-state index contributed by atoms with van der Waals surface area (Å²) in [6.45, 7) is 11.0. The average Bonchev–Trinajstić information content (AvgIpc) is 2.89. The van der Waals surface area contributed by atoms with E-state index in [-0.39, 0.29) is 12.1 Å². The highest BCUT2D eigenvalue weighted by Crippen LogP contribution is 2.49. The van der Waals surface area contributed by atoms with Gasteiger partial charge in [0, 0.05) is 35.9 Å². The number of ether oxygens (including phenoxy) is 1. The lowest BCUT2D eigenvalue weighted by Crippen LogP contribution is -2.67. The smallest absolute Gasteiger partial charge is 0.363 e. The van der Waals surface area contributed by atoms with Gasteiger partial charge in [0.05, 0.1) is 30.8 Å². The number of alkyl halides is 3. The van der Waals surface area contributed by atoms with Crippen molar-refractivity contribution in [2.75, 3.05) is 19.7 Å². The average molecular weight is 494 g/mol. The molecule has 1 unspecified atom stereocenters. The second kappa shape index (κ2) is 9.83. The van der Waals surface area contributed by atoms with E-state index >= 15 is 0 Å². The van der Waals surface area contributed by atoms with Crippen LogP contribution in [0.4, 0.5) is 13.2 Å². The number of pyridine rings is 1. The Kier molecular flexibility index (Phi) is 6.75. The number of nitrogens with zero attached hydrogens (tertiary/aromatic N) is 2. The molecule has 0 radical (unpaired) electrons. The van der Waals surface area contributed by atoms with Crippen LogP contribution in [0.2, 0.25) is 0 Å². The zero-order valence-corrected chi connectivity index (χ0v) is 20.3. The molecule has 1 aromatic heterocycles. The van der Waals surface area contributed by atoms with Crippen LogP contribution in [0.25, 0.3) is 10.9 Å². The van der Waals surface area contributed by atoms with Gasteiger partial charge in [-0.3, -0.25) is 4.98 Å². The van der Waals surface area contributed by atoms with Gasteiger partial charge in [-0.05, 0) is 35.7 Å². The summed E-state index contributed by atoms with van der Waals surface area (Å²) in [4.78, 5) is 4.55. The van der Waals surface area contributed by atoms with Crippen molar-refractivity contribution in [1.82, 2.24) is 4.98 Å². The lowest BCUT2D eigenvalue weighted by molar-refractivity contribution is -0.985. The fourth-order valence-corrected chi connectivity index (χ4v) is 6.47. The Morgan fingerprint density at radius 3 is 2.58 bits per heavy atom. The lowest BCUT2D eigenvalue weighted by Gasteiger charge is -2.58. The molecule has 6 rings (SSSR count). The topological polar surface area (TPSA) is 22.1 Å². The summed E-state index contributed by atoms with van der Waals surface area (Å²) >= 11 is 0. The molecule has 0 spiro atoms. The maximum Gasteiger partial charge on any atom is 0.416 e. The van der Waals surface area contributed by atoms with Crippen molar-refractivity contribution in [3.63, 3.8) is 0 Å². The number of quaternary nitrogens is 1. The Balaban J connectivity index is 1.56. The summed E-state index contributed by atoms with van der Waals surface area (Å²) in [5, 5.41) is 1.07. The largest absolute Gasteiger partial charge is 0.416 e. The molecule has 2 bridgehead atoms. The van der Waals surface area contributed by atoms with Crippen LogP contribution in [-0.2, 0) is 17.5 Å². The standard InChI is InChI=1S/C30H32F3N2O/c1-3-17-36-29(26-13-15-34-27-8-6-5-7-25(26)27)28-18-23-14-16-35(28,20-22(23)4-2)19-21-9-11-24(12-10-21)30(31,32)33/h3-13,15,22-23,28-29H,1-2,14,16-20H2/q+1/t22-,23-,28+,29-,35?/m0/s1. The van der Waals surface area contributed by atoms with E-state index in [4.69, 9.17) is 4.74 Å². The van der Waals surface area contributed by atoms with Gasteiger partial charge >= 0.3 is 6.18 Å². The highest BCUT2D eigenvalue weighted by atomic mass is 19.4. The van der Waals surface area contributed by atoms with Gasteiger partial charge in [0.15, 0.2) is 0 Å². The number of aromatic nitrogens is 1. The van der Waals surface area contributed by atoms with Gasteiger partial charge in [0.1, 0.15) is 18.7 Å². The number of hydrogen-bond donors (Lipinski definition) is 0. The van der Waals surface area contributed by atoms with Crippen LogP contribution in [0.1, 0.15) is 35.6 Å². The summed E-state index contributed by atoms with van der Waals surface area (Å²) in [5.41, 5.74) is 2.34. The molecule has 0 N–H and O–H groups in total. The third kappa shape index (κ3) is 4.60. The molecule has 2 aromatic carbocycles. The van der Waals surface area contributed by atoms with Gasteiger partial charge in [0.25, 0.3) is 0 Å². The predicted octanol–water partition coefficient (Wildman–Crippen LogP) is 7.11. The molecule has 36 heavy (non-hydrogen) atoms. The molecular weight excluding hydrogens is 461 g/mol. The summed E-state index contributed by atoms with van der Waals surface area (Å²) in [7, 11) is 0. The first-order valence-corrected chi connectivity index (χ1v) is 12.6. The number of fused-ring (bicyclic) bond motifs is 4.